The molecule has 118 valence electrons. The molecular formula is C18H25N3O. The maximum Gasteiger partial charge on any atom is 0.276 e. The number of hydrogen-bond acceptors (Lipinski definition) is 2. The van der Waals surface area contributed by atoms with E-state index in [1.54, 1.807) is 24.0 Å². The summed E-state index contributed by atoms with van der Waals surface area (Å²) in [5, 5.41) is 7.14. The monoisotopic (exact) mass is 299 g/mol. The van der Waals surface area contributed by atoms with Crippen LogP contribution >= 0.6 is 0 Å². The van der Waals surface area contributed by atoms with Gasteiger partial charge in [-0.2, -0.15) is 5.10 Å². The van der Waals surface area contributed by atoms with Gasteiger partial charge in [0.05, 0.1) is 0 Å². The Hall–Kier alpha value is -2.10. The number of carbonyl (C=O) groups excluding carboxylic acids is 1. The lowest BCUT2D eigenvalue weighted by Gasteiger charge is -2.25. The van der Waals surface area contributed by atoms with E-state index >= 15 is 0 Å². The van der Waals surface area contributed by atoms with E-state index in [0.29, 0.717) is 11.6 Å². The molecule has 2 rings (SSSR count). The van der Waals surface area contributed by atoms with Crippen molar-refractivity contribution in [3.05, 3.63) is 47.8 Å². The molecule has 4 heteroatoms. The predicted octanol–water partition coefficient (Wildman–Crippen LogP) is 4.21. The van der Waals surface area contributed by atoms with Gasteiger partial charge in [0.25, 0.3) is 5.91 Å². The molecule has 1 heterocycles. The molecule has 22 heavy (non-hydrogen) atoms. The van der Waals surface area contributed by atoms with E-state index in [0.717, 1.165) is 12.1 Å². The van der Waals surface area contributed by atoms with Gasteiger partial charge in [0, 0.05) is 18.9 Å². The summed E-state index contributed by atoms with van der Waals surface area (Å²) in [5.41, 5.74) is 2.72. The van der Waals surface area contributed by atoms with Crippen molar-refractivity contribution in [1.29, 1.82) is 0 Å². The third-order valence-corrected chi connectivity index (χ3v) is 3.60. The first kappa shape index (κ1) is 16.3. The van der Waals surface area contributed by atoms with Crippen molar-refractivity contribution in [2.75, 3.05) is 5.32 Å². The Balaban J connectivity index is 2.19. The van der Waals surface area contributed by atoms with Crippen molar-refractivity contribution >= 4 is 11.6 Å². The van der Waals surface area contributed by atoms with E-state index in [1.165, 1.54) is 5.56 Å². The van der Waals surface area contributed by atoms with E-state index in [-0.39, 0.29) is 11.3 Å². The summed E-state index contributed by atoms with van der Waals surface area (Å²) in [4.78, 5) is 12.3. The van der Waals surface area contributed by atoms with Crippen LogP contribution in [0.1, 0.15) is 56.1 Å². The van der Waals surface area contributed by atoms with E-state index in [9.17, 15) is 4.79 Å². The summed E-state index contributed by atoms with van der Waals surface area (Å²) in [6.45, 7) is 8.91. The summed E-state index contributed by atoms with van der Waals surface area (Å²) in [6, 6.07) is 9.72. The molecule has 0 radical (unpaired) electrons. The molecule has 0 saturated heterocycles. The second kappa shape index (κ2) is 6.34. The average Bonchev–Trinajstić information content (AvgIpc) is 2.84. The van der Waals surface area contributed by atoms with Gasteiger partial charge in [0.2, 0.25) is 0 Å². The van der Waals surface area contributed by atoms with Crippen LogP contribution in [0.4, 0.5) is 5.69 Å². The van der Waals surface area contributed by atoms with Gasteiger partial charge < -0.3 is 5.32 Å². The highest BCUT2D eigenvalue weighted by atomic mass is 16.1. The number of carbonyl (C=O) groups is 1. The van der Waals surface area contributed by atoms with Crippen LogP contribution in [0.5, 0.6) is 0 Å². The minimum atomic E-state index is -0.170. The van der Waals surface area contributed by atoms with Crippen LogP contribution in [0.3, 0.4) is 0 Å². The van der Waals surface area contributed by atoms with Gasteiger partial charge in [-0.3, -0.25) is 9.48 Å². The fourth-order valence-electron chi connectivity index (χ4n) is 2.79. The summed E-state index contributed by atoms with van der Waals surface area (Å²) < 4.78 is 1.63. The first-order valence-corrected chi connectivity index (χ1v) is 7.66. The highest BCUT2D eigenvalue weighted by Gasteiger charge is 2.20. The van der Waals surface area contributed by atoms with Gasteiger partial charge in [-0.15, -0.1) is 0 Å². The fraction of sp³-hybridized carbons (Fsp3) is 0.444. The maximum atomic E-state index is 12.3. The minimum absolute atomic E-state index is 0.170. The number of nitrogens with one attached hydrogen (secondary N) is 1. The Morgan fingerprint density at radius 3 is 2.55 bits per heavy atom. The standard InChI is InChI=1S/C18H25N3O/c1-13(12-18(2,3)4)14-8-6-7-9-15(14)19-17(22)16-10-11-21(5)20-16/h6-11,13H,12H2,1-5H3,(H,19,22). The Bertz CT molecular complexity index is 652. The molecule has 0 aliphatic rings. The molecular weight excluding hydrogens is 274 g/mol. The fourth-order valence-corrected chi connectivity index (χ4v) is 2.79. The molecule has 0 fully saturated rings. The molecule has 0 aliphatic carbocycles. The van der Waals surface area contributed by atoms with Crippen LogP contribution in [-0.2, 0) is 7.05 Å². The number of aromatic nitrogens is 2. The van der Waals surface area contributed by atoms with Crippen molar-refractivity contribution < 1.29 is 4.79 Å². The summed E-state index contributed by atoms with van der Waals surface area (Å²) in [5.74, 6) is 0.205. The van der Waals surface area contributed by atoms with Gasteiger partial charge in [-0.1, -0.05) is 45.9 Å². The molecule has 1 aromatic heterocycles. The molecule has 0 saturated carbocycles. The maximum absolute atomic E-state index is 12.3. The molecule has 0 bridgehead atoms. The molecule has 0 aliphatic heterocycles. The van der Waals surface area contributed by atoms with E-state index in [1.807, 2.05) is 18.2 Å². The van der Waals surface area contributed by atoms with Crippen LogP contribution in [0.25, 0.3) is 0 Å². The van der Waals surface area contributed by atoms with Crippen molar-refractivity contribution in [2.45, 2.75) is 40.0 Å². The molecule has 2 aromatic rings. The van der Waals surface area contributed by atoms with E-state index < -0.39 is 0 Å². The Morgan fingerprint density at radius 2 is 1.95 bits per heavy atom. The van der Waals surface area contributed by atoms with Gasteiger partial charge in [-0.25, -0.2) is 0 Å². The number of rotatable bonds is 4. The number of nitrogens with zero attached hydrogens (tertiary/aromatic N) is 2. The molecule has 1 atom stereocenters. The van der Waals surface area contributed by atoms with Crippen molar-refractivity contribution in [3.8, 4) is 0 Å². The molecule has 1 unspecified atom stereocenters. The Kier molecular flexibility index (Phi) is 4.69. The molecule has 1 amide bonds. The summed E-state index contributed by atoms with van der Waals surface area (Å²) in [6.07, 6.45) is 2.83. The quantitative estimate of drug-likeness (QED) is 0.919. The Morgan fingerprint density at radius 1 is 1.27 bits per heavy atom. The average molecular weight is 299 g/mol. The first-order chi connectivity index (χ1) is 10.3. The molecule has 1 N–H and O–H groups in total. The van der Waals surface area contributed by atoms with Crippen molar-refractivity contribution in [3.63, 3.8) is 0 Å². The van der Waals surface area contributed by atoms with Crippen molar-refractivity contribution in [1.82, 2.24) is 9.78 Å². The third kappa shape index (κ3) is 4.20. The topological polar surface area (TPSA) is 46.9 Å². The zero-order valence-electron chi connectivity index (χ0n) is 14.1. The van der Waals surface area contributed by atoms with Crippen LogP contribution in [0.2, 0.25) is 0 Å². The highest BCUT2D eigenvalue weighted by molar-refractivity contribution is 6.03. The minimum Gasteiger partial charge on any atom is -0.320 e. The van der Waals surface area contributed by atoms with Gasteiger partial charge in [0.1, 0.15) is 0 Å². The number of aryl methyl sites for hydroxylation is 1. The first-order valence-electron chi connectivity index (χ1n) is 7.66. The third-order valence-electron chi connectivity index (χ3n) is 3.60. The highest BCUT2D eigenvalue weighted by Crippen LogP contribution is 2.34. The van der Waals surface area contributed by atoms with E-state index in [4.69, 9.17) is 0 Å². The van der Waals surface area contributed by atoms with Crippen LogP contribution in [-0.4, -0.2) is 15.7 Å². The smallest absolute Gasteiger partial charge is 0.276 e. The number of amides is 1. The number of para-hydroxylation sites is 1. The van der Waals surface area contributed by atoms with Gasteiger partial charge in [0.15, 0.2) is 5.69 Å². The summed E-state index contributed by atoms with van der Waals surface area (Å²) >= 11 is 0. The van der Waals surface area contributed by atoms with Gasteiger partial charge >= 0.3 is 0 Å². The van der Waals surface area contributed by atoms with Crippen LogP contribution in [0.15, 0.2) is 36.5 Å². The van der Waals surface area contributed by atoms with Crippen molar-refractivity contribution in [2.24, 2.45) is 12.5 Å². The predicted molar refractivity (Wildman–Crippen MR) is 90.1 cm³/mol. The van der Waals surface area contributed by atoms with Crippen LogP contribution in [0, 0.1) is 5.41 Å². The SMILES string of the molecule is CC(CC(C)(C)C)c1ccccc1NC(=O)c1ccn(C)n1. The molecule has 4 nitrogen and oxygen atoms in total. The molecule has 1 aromatic carbocycles. The zero-order valence-corrected chi connectivity index (χ0v) is 14.1. The zero-order chi connectivity index (χ0) is 16.3. The number of benzene rings is 1. The van der Waals surface area contributed by atoms with E-state index in [2.05, 4.69) is 44.2 Å². The largest absolute Gasteiger partial charge is 0.320 e. The normalized spacial score (nSPS) is 13.0. The number of anilines is 1. The molecule has 0 spiro atoms. The lowest BCUT2D eigenvalue weighted by molar-refractivity contribution is 0.102. The lowest BCUT2D eigenvalue weighted by atomic mass is 9.82. The lowest BCUT2D eigenvalue weighted by Crippen LogP contribution is -2.16. The van der Waals surface area contributed by atoms with Crippen LogP contribution < -0.4 is 5.32 Å². The summed E-state index contributed by atoms with van der Waals surface area (Å²) in [7, 11) is 1.80. The second-order valence-electron chi connectivity index (χ2n) is 7.08. The second-order valence-corrected chi connectivity index (χ2v) is 7.08. The Labute approximate surface area is 132 Å². The number of hydrogen-bond donors (Lipinski definition) is 1. The van der Waals surface area contributed by atoms with Gasteiger partial charge in [-0.05, 0) is 35.4 Å².